The van der Waals surface area contributed by atoms with Crippen molar-refractivity contribution in [3.8, 4) is 0 Å². The van der Waals surface area contributed by atoms with Gasteiger partial charge in [0.1, 0.15) is 5.82 Å². The minimum atomic E-state index is -3.74. The Kier molecular flexibility index (Phi) is 9.02. The highest BCUT2D eigenvalue weighted by molar-refractivity contribution is 7.89. The molecule has 0 atom stereocenters. The summed E-state index contributed by atoms with van der Waals surface area (Å²) in [6, 6.07) is 10.5. The molecule has 2 aliphatic rings. The van der Waals surface area contributed by atoms with Gasteiger partial charge in [0.15, 0.2) is 5.13 Å². The minimum Gasteiger partial charge on any atom is -0.450 e. The third-order valence-electron chi connectivity index (χ3n) is 7.21. The lowest BCUT2D eigenvalue weighted by Gasteiger charge is -2.34. The van der Waals surface area contributed by atoms with Crippen molar-refractivity contribution in [2.45, 2.75) is 11.8 Å². The molecule has 0 bridgehead atoms. The second-order valence-electron chi connectivity index (χ2n) is 9.81. The van der Waals surface area contributed by atoms with Crippen molar-refractivity contribution in [1.29, 1.82) is 0 Å². The zero-order chi connectivity index (χ0) is 29.0. The molecule has 0 unspecified atom stereocenters. The zero-order valence-corrected chi connectivity index (χ0v) is 24.4. The molecule has 1 N–H and O–H groups in total. The number of hydrogen-bond donors (Lipinski definition) is 1. The number of halogens is 1. The first kappa shape index (κ1) is 29.2. The van der Waals surface area contributed by atoms with E-state index in [-0.39, 0.29) is 49.4 Å². The molecule has 1 aromatic heterocycles. The van der Waals surface area contributed by atoms with Crippen molar-refractivity contribution in [1.82, 2.24) is 24.4 Å². The van der Waals surface area contributed by atoms with Crippen LogP contribution in [0, 0.1) is 5.82 Å². The number of carbonyl (C=O) groups excluding carboxylic acids is 2. The van der Waals surface area contributed by atoms with Crippen LogP contribution < -0.4 is 10.2 Å². The molecule has 11 nitrogen and oxygen atoms in total. The molecule has 0 saturated carbocycles. The summed E-state index contributed by atoms with van der Waals surface area (Å²) in [7, 11) is -3.74. The van der Waals surface area contributed by atoms with Gasteiger partial charge in [-0.05, 0) is 49.4 Å². The molecule has 2 aliphatic heterocycles. The van der Waals surface area contributed by atoms with Crippen LogP contribution in [0.1, 0.15) is 17.3 Å². The molecule has 14 heteroatoms. The SMILES string of the molecule is CCOC(=O)N1CCN(S(=O)(=O)c2ccc(C(=O)NCCN3CCN(c4nc5ccc(F)cc5s4)CC3)cc2)CC1. The van der Waals surface area contributed by atoms with Crippen LogP contribution >= 0.6 is 11.3 Å². The number of aromatic nitrogens is 1. The Balaban J connectivity index is 1.06. The molecule has 0 aliphatic carbocycles. The van der Waals surface area contributed by atoms with Gasteiger partial charge in [-0.25, -0.2) is 22.6 Å². The summed E-state index contributed by atoms with van der Waals surface area (Å²) in [5.74, 6) is -0.527. The van der Waals surface area contributed by atoms with Crippen LogP contribution in [0.3, 0.4) is 0 Å². The Labute approximate surface area is 242 Å². The number of benzene rings is 2. The Morgan fingerprint density at radius 2 is 1.71 bits per heavy atom. The lowest BCUT2D eigenvalue weighted by molar-refractivity contribution is 0.0932. The minimum absolute atomic E-state index is 0.106. The molecule has 220 valence electrons. The van der Waals surface area contributed by atoms with E-state index in [1.165, 1.54) is 56.9 Å². The van der Waals surface area contributed by atoms with Gasteiger partial charge in [-0.3, -0.25) is 9.69 Å². The van der Waals surface area contributed by atoms with Crippen LogP contribution in [0.4, 0.5) is 14.3 Å². The number of carbonyl (C=O) groups is 2. The lowest BCUT2D eigenvalue weighted by atomic mass is 10.2. The first-order valence-electron chi connectivity index (χ1n) is 13.6. The van der Waals surface area contributed by atoms with Gasteiger partial charge in [0, 0.05) is 71.0 Å². The molecular formula is C27H33FN6O5S2. The number of thiazole rings is 1. The fourth-order valence-electron chi connectivity index (χ4n) is 4.87. The average molecular weight is 605 g/mol. The number of nitrogens with one attached hydrogen (secondary N) is 1. The van der Waals surface area contributed by atoms with Gasteiger partial charge in [-0.2, -0.15) is 4.31 Å². The third kappa shape index (κ3) is 6.77. The monoisotopic (exact) mass is 604 g/mol. The molecule has 2 amide bonds. The van der Waals surface area contributed by atoms with E-state index in [0.717, 1.165) is 41.5 Å². The molecule has 3 heterocycles. The normalized spacial score (nSPS) is 17.1. The van der Waals surface area contributed by atoms with Gasteiger partial charge in [0.05, 0.1) is 21.7 Å². The Hall–Kier alpha value is -3.33. The third-order valence-corrected chi connectivity index (χ3v) is 10.2. The number of sulfonamides is 1. The van der Waals surface area contributed by atoms with Crippen LogP contribution in [-0.2, 0) is 14.8 Å². The van der Waals surface area contributed by atoms with Crippen molar-refractivity contribution in [3.05, 3.63) is 53.8 Å². The fraction of sp³-hybridized carbons (Fsp3) is 0.444. The summed E-state index contributed by atoms with van der Waals surface area (Å²) < 4.78 is 46.8. The van der Waals surface area contributed by atoms with Gasteiger partial charge >= 0.3 is 6.09 Å². The van der Waals surface area contributed by atoms with Crippen molar-refractivity contribution in [2.24, 2.45) is 0 Å². The quantitative estimate of drug-likeness (QED) is 0.417. The first-order chi connectivity index (χ1) is 19.7. The Morgan fingerprint density at radius 3 is 2.39 bits per heavy atom. The average Bonchev–Trinajstić information content (AvgIpc) is 3.41. The number of amides is 2. The van der Waals surface area contributed by atoms with Crippen LogP contribution in [0.2, 0.25) is 0 Å². The molecule has 2 aromatic carbocycles. The smallest absolute Gasteiger partial charge is 0.409 e. The van der Waals surface area contributed by atoms with Crippen LogP contribution in [0.15, 0.2) is 47.4 Å². The molecule has 0 spiro atoms. The van der Waals surface area contributed by atoms with E-state index in [9.17, 15) is 22.4 Å². The molecule has 0 radical (unpaired) electrons. The molecule has 2 saturated heterocycles. The predicted molar refractivity (Wildman–Crippen MR) is 154 cm³/mol. The van der Waals surface area contributed by atoms with E-state index in [1.807, 2.05) is 0 Å². The highest BCUT2D eigenvalue weighted by Crippen LogP contribution is 2.29. The number of ether oxygens (including phenoxy) is 1. The van der Waals surface area contributed by atoms with Crippen LogP contribution in [0.25, 0.3) is 10.2 Å². The molecule has 2 fully saturated rings. The molecule has 3 aromatic rings. The lowest BCUT2D eigenvalue weighted by Crippen LogP contribution is -2.50. The van der Waals surface area contributed by atoms with Crippen molar-refractivity contribution in [2.75, 3.05) is 77.0 Å². The number of rotatable bonds is 8. The van der Waals surface area contributed by atoms with Crippen molar-refractivity contribution >= 4 is 48.7 Å². The second-order valence-corrected chi connectivity index (χ2v) is 12.8. The first-order valence-corrected chi connectivity index (χ1v) is 15.8. The van der Waals surface area contributed by atoms with E-state index in [4.69, 9.17) is 4.74 Å². The van der Waals surface area contributed by atoms with Crippen molar-refractivity contribution < 1.29 is 27.1 Å². The van der Waals surface area contributed by atoms with Crippen LogP contribution in [0.5, 0.6) is 0 Å². The summed E-state index contributed by atoms with van der Waals surface area (Å²) >= 11 is 1.49. The summed E-state index contributed by atoms with van der Waals surface area (Å²) in [5, 5.41) is 3.80. The zero-order valence-electron chi connectivity index (χ0n) is 22.8. The van der Waals surface area contributed by atoms with Gasteiger partial charge in [-0.1, -0.05) is 11.3 Å². The maximum absolute atomic E-state index is 13.5. The maximum Gasteiger partial charge on any atom is 0.409 e. The topological polar surface area (TPSA) is 115 Å². The number of piperazine rings is 2. The standard InChI is InChI=1S/C27H33FN6O5S2/c1-2-39-27(36)33-15-17-34(18-16-33)41(37,38)22-6-3-20(4-7-22)25(35)29-9-10-31-11-13-32(14-12-31)26-30-23-8-5-21(28)19-24(23)40-26/h3-8,19H,2,9-18H2,1H3,(H,29,35). The van der Waals surface area contributed by atoms with E-state index < -0.39 is 16.1 Å². The van der Waals surface area contributed by atoms with E-state index in [0.29, 0.717) is 18.7 Å². The van der Waals surface area contributed by atoms with Crippen LogP contribution in [-0.4, -0.2) is 112 Å². The summed E-state index contributed by atoms with van der Waals surface area (Å²) in [6.45, 7) is 7.26. The van der Waals surface area contributed by atoms with Gasteiger partial charge < -0.3 is 19.9 Å². The largest absolute Gasteiger partial charge is 0.450 e. The highest BCUT2D eigenvalue weighted by atomic mass is 32.2. The Morgan fingerprint density at radius 1 is 1.00 bits per heavy atom. The predicted octanol–water partition coefficient (Wildman–Crippen LogP) is 2.45. The fourth-order valence-corrected chi connectivity index (χ4v) is 7.33. The summed E-state index contributed by atoms with van der Waals surface area (Å²) in [6.07, 6.45) is -0.439. The number of nitrogens with zero attached hydrogens (tertiary/aromatic N) is 5. The van der Waals surface area contributed by atoms with Gasteiger partial charge in [-0.15, -0.1) is 0 Å². The number of fused-ring (bicyclic) bond motifs is 1. The molecular weight excluding hydrogens is 571 g/mol. The van der Waals surface area contributed by atoms with Gasteiger partial charge in [0.25, 0.3) is 5.91 Å². The summed E-state index contributed by atoms with van der Waals surface area (Å²) in [4.78, 5) is 35.2. The highest BCUT2D eigenvalue weighted by Gasteiger charge is 2.30. The second kappa shape index (κ2) is 12.7. The van der Waals surface area contributed by atoms with Crippen molar-refractivity contribution in [3.63, 3.8) is 0 Å². The molecule has 41 heavy (non-hydrogen) atoms. The number of hydrogen-bond acceptors (Lipinski definition) is 9. The maximum atomic E-state index is 13.5. The summed E-state index contributed by atoms with van der Waals surface area (Å²) in [5.41, 5.74) is 1.18. The van der Waals surface area contributed by atoms with E-state index in [2.05, 4.69) is 20.1 Å². The van der Waals surface area contributed by atoms with E-state index in [1.54, 1.807) is 13.0 Å². The Bertz CT molecular complexity index is 1480. The van der Waals surface area contributed by atoms with Gasteiger partial charge in [0.2, 0.25) is 10.0 Å². The number of anilines is 1. The molecule has 5 rings (SSSR count). The van der Waals surface area contributed by atoms with E-state index >= 15 is 0 Å².